The standard InChI is InChI=1S/C26H28N6O6/c1-14-28-21-16(24(36)32(14)19-11-12-20(33)31-23(19)35)8-6-9-17(21)30-22(34)18-10-5-7-15(29-18)13-27-25(37)38-26(2,3)4/h5-10,19H,11-13H2,1-4H3,(H,27,37)(H,30,34)(H,31,33,35). The third-order valence-electron chi connectivity index (χ3n) is 5.73. The highest BCUT2D eigenvalue weighted by atomic mass is 16.6. The van der Waals surface area contributed by atoms with Gasteiger partial charge in [-0.2, -0.15) is 0 Å². The van der Waals surface area contributed by atoms with Crippen LogP contribution < -0.4 is 21.5 Å². The first kappa shape index (κ1) is 26.5. The lowest BCUT2D eigenvalue weighted by atomic mass is 10.1. The number of benzene rings is 1. The molecule has 4 amide bonds. The van der Waals surface area contributed by atoms with Crippen LogP contribution in [0.5, 0.6) is 0 Å². The van der Waals surface area contributed by atoms with E-state index >= 15 is 0 Å². The molecule has 0 radical (unpaired) electrons. The zero-order valence-electron chi connectivity index (χ0n) is 21.5. The average molecular weight is 521 g/mol. The summed E-state index contributed by atoms with van der Waals surface area (Å²) in [6.07, 6.45) is -0.287. The lowest BCUT2D eigenvalue weighted by Gasteiger charge is -2.24. The Bertz CT molecular complexity index is 1510. The van der Waals surface area contributed by atoms with E-state index in [4.69, 9.17) is 4.74 Å². The number of pyridine rings is 1. The molecule has 2 aromatic heterocycles. The molecule has 198 valence electrons. The zero-order chi connectivity index (χ0) is 27.6. The number of imide groups is 1. The van der Waals surface area contributed by atoms with E-state index in [1.54, 1.807) is 58.0 Å². The van der Waals surface area contributed by atoms with Crippen molar-refractivity contribution in [3.05, 3.63) is 64.0 Å². The van der Waals surface area contributed by atoms with Gasteiger partial charge in [0, 0.05) is 6.42 Å². The number of carbonyl (C=O) groups excluding carboxylic acids is 4. The van der Waals surface area contributed by atoms with E-state index in [0.717, 1.165) is 0 Å². The Labute approximate surface area is 217 Å². The molecule has 0 aliphatic carbocycles. The third-order valence-corrected chi connectivity index (χ3v) is 5.73. The molecule has 38 heavy (non-hydrogen) atoms. The highest BCUT2D eigenvalue weighted by Crippen LogP contribution is 2.24. The highest BCUT2D eigenvalue weighted by molar-refractivity contribution is 6.07. The number of piperidine rings is 1. The number of nitrogens with zero attached hydrogens (tertiary/aromatic N) is 3. The fourth-order valence-corrected chi connectivity index (χ4v) is 4.09. The number of carbonyl (C=O) groups is 4. The molecule has 12 nitrogen and oxygen atoms in total. The van der Waals surface area contributed by atoms with Crippen molar-refractivity contribution in [1.29, 1.82) is 0 Å². The summed E-state index contributed by atoms with van der Waals surface area (Å²) in [5.41, 5.74) is -0.000231. The molecular weight excluding hydrogens is 492 g/mol. The number of hydrogen-bond donors (Lipinski definition) is 3. The largest absolute Gasteiger partial charge is 0.444 e. The molecule has 0 bridgehead atoms. The summed E-state index contributed by atoms with van der Waals surface area (Å²) in [6.45, 7) is 6.91. The summed E-state index contributed by atoms with van der Waals surface area (Å²) in [6, 6.07) is 8.73. The van der Waals surface area contributed by atoms with Crippen molar-refractivity contribution in [2.24, 2.45) is 0 Å². The van der Waals surface area contributed by atoms with Crippen LogP contribution in [0.25, 0.3) is 10.9 Å². The van der Waals surface area contributed by atoms with Gasteiger partial charge in [-0.15, -0.1) is 0 Å². The second kappa shape index (κ2) is 10.4. The van der Waals surface area contributed by atoms with Crippen LogP contribution in [0, 0.1) is 6.92 Å². The third kappa shape index (κ3) is 5.85. The Morgan fingerprint density at radius 3 is 2.55 bits per heavy atom. The quantitative estimate of drug-likeness (QED) is 0.432. The topological polar surface area (TPSA) is 161 Å². The van der Waals surface area contributed by atoms with Crippen molar-refractivity contribution in [1.82, 2.24) is 25.2 Å². The maximum absolute atomic E-state index is 13.3. The van der Waals surface area contributed by atoms with Crippen molar-refractivity contribution in [3.8, 4) is 0 Å². The normalized spacial score (nSPS) is 15.6. The number of aryl methyl sites for hydroxylation is 1. The van der Waals surface area contributed by atoms with Gasteiger partial charge in [-0.3, -0.25) is 29.1 Å². The van der Waals surface area contributed by atoms with Gasteiger partial charge in [0.15, 0.2) is 0 Å². The van der Waals surface area contributed by atoms with Crippen molar-refractivity contribution in [2.75, 3.05) is 5.32 Å². The maximum Gasteiger partial charge on any atom is 0.407 e. The molecule has 3 aromatic rings. The number of ether oxygens (including phenoxy) is 1. The summed E-state index contributed by atoms with van der Waals surface area (Å²) < 4.78 is 6.48. The van der Waals surface area contributed by atoms with E-state index in [1.807, 2.05) is 0 Å². The number of nitrogens with one attached hydrogen (secondary N) is 3. The number of alkyl carbamates (subject to hydrolysis) is 1. The molecule has 0 spiro atoms. The zero-order valence-corrected chi connectivity index (χ0v) is 21.5. The molecule has 3 N–H and O–H groups in total. The molecule has 1 aliphatic heterocycles. The fraction of sp³-hybridized carbons (Fsp3) is 0.346. The first-order chi connectivity index (χ1) is 17.9. The number of rotatable bonds is 5. The average Bonchev–Trinajstić information content (AvgIpc) is 2.83. The SMILES string of the molecule is Cc1nc2c(NC(=O)c3cccc(CNC(=O)OC(C)(C)C)n3)cccc2c(=O)n1C1CCC(=O)NC1=O. The van der Waals surface area contributed by atoms with Crippen LogP contribution in [-0.2, 0) is 20.9 Å². The summed E-state index contributed by atoms with van der Waals surface area (Å²) in [5, 5.41) is 7.81. The number of amides is 4. The van der Waals surface area contributed by atoms with Crippen molar-refractivity contribution >= 4 is 40.4 Å². The Morgan fingerprint density at radius 1 is 1.11 bits per heavy atom. The molecule has 1 saturated heterocycles. The number of para-hydroxylation sites is 1. The van der Waals surface area contributed by atoms with Crippen LogP contribution in [0.15, 0.2) is 41.2 Å². The van der Waals surface area contributed by atoms with Crippen LogP contribution in [0.1, 0.15) is 61.7 Å². The van der Waals surface area contributed by atoms with Crippen LogP contribution in [0.2, 0.25) is 0 Å². The van der Waals surface area contributed by atoms with Crippen LogP contribution in [-0.4, -0.2) is 44.0 Å². The highest BCUT2D eigenvalue weighted by Gasteiger charge is 2.30. The molecule has 0 saturated carbocycles. The van der Waals surface area contributed by atoms with E-state index in [0.29, 0.717) is 11.4 Å². The molecule has 1 aliphatic rings. The molecule has 3 heterocycles. The molecule has 1 aromatic carbocycles. The predicted molar refractivity (Wildman–Crippen MR) is 137 cm³/mol. The lowest BCUT2D eigenvalue weighted by molar-refractivity contribution is -0.135. The second-order valence-electron chi connectivity index (χ2n) is 9.83. The van der Waals surface area contributed by atoms with E-state index in [-0.39, 0.29) is 47.7 Å². The molecule has 1 unspecified atom stereocenters. The minimum Gasteiger partial charge on any atom is -0.444 e. The van der Waals surface area contributed by atoms with Gasteiger partial charge in [-0.25, -0.2) is 14.8 Å². The van der Waals surface area contributed by atoms with Gasteiger partial charge in [0.2, 0.25) is 11.8 Å². The lowest BCUT2D eigenvalue weighted by Crippen LogP contribution is -2.45. The van der Waals surface area contributed by atoms with Gasteiger partial charge in [-0.05, 0) is 58.4 Å². The molecular formula is C26H28N6O6. The van der Waals surface area contributed by atoms with Gasteiger partial charge in [0.05, 0.1) is 23.3 Å². The van der Waals surface area contributed by atoms with Crippen LogP contribution in [0.3, 0.4) is 0 Å². The fourth-order valence-electron chi connectivity index (χ4n) is 4.09. The molecule has 12 heteroatoms. The summed E-state index contributed by atoms with van der Waals surface area (Å²) in [4.78, 5) is 71.0. The Hall–Kier alpha value is -4.61. The minimum atomic E-state index is -0.850. The molecule has 4 rings (SSSR count). The Kier molecular flexibility index (Phi) is 7.24. The van der Waals surface area contributed by atoms with E-state index in [1.165, 1.54) is 10.6 Å². The van der Waals surface area contributed by atoms with Crippen molar-refractivity contribution in [3.63, 3.8) is 0 Å². The summed E-state index contributed by atoms with van der Waals surface area (Å²) >= 11 is 0. The monoisotopic (exact) mass is 520 g/mol. The van der Waals surface area contributed by atoms with Gasteiger partial charge in [-0.1, -0.05) is 12.1 Å². The van der Waals surface area contributed by atoms with Crippen molar-refractivity contribution < 1.29 is 23.9 Å². The number of aromatic nitrogens is 3. The van der Waals surface area contributed by atoms with Crippen LogP contribution in [0.4, 0.5) is 10.5 Å². The van der Waals surface area contributed by atoms with Crippen LogP contribution >= 0.6 is 0 Å². The molecule has 1 fully saturated rings. The van der Waals surface area contributed by atoms with E-state index < -0.39 is 35.1 Å². The summed E-state index contributed by atoms with van der Waals surface area (Å²) in [7, 11) is 0. The van der Waals surface area contributed by atoms with Gasteiger partial charge < -0.3 is 15.4 Å². The summed E-state index contributed by atoms with van der Waals surface area (Å²) in [5.74, 6) is -1.20. The van der Waals surface area contributed by atoms with E-state index in [2.05, 4.69) is 25.9 Å². The maximum atomic E-state index is 13.3. The Morgan fingerprint density at radius 2 is 1.84 bits per heavy atom. The van der Waals surface area contributed by atoms with E-state index in [9.17, 15) is 24.0 Å². The molecule has 1 atom stereocenters. The van der Waals surface area contributed by atoms with Gasteiger partial charge >= 0.3 is 6.09 Å². The van der Waals surface area contributed by atoms with Gasteiger partial charge in [0.1, 0.15) is 28.7 Å². The predicted octanol–water partition coefficient (Wildman–Crippen LogP) is 2.35. The number of anilines is 1. The first-order valence-electron chi connectivity index (χ1n) is 12.0. The minimum absolute atomic E-state index is 0.0605. The first-order valence-corrected chi connectivity index (χ1v) is 12.0. The second-order valence-corrected chi connectivity index (χ2v) is 9.83. The van der Waals surface area contributed by atoms with Gasteiger partial charge in [0.25, 0.3) is 11.5 Å². The smallest absolute Gasteiger partial charge is 0.407 e. The number of fused-ring (bicyclic) bond motifs is 1. The Balaban J connectivity index is 1.56. The number of hydrogen-bond acceptors (Lipinski definition) is 8. The van der Waals surface area contributed by atoms with Crippen molar-refractivity contribution in [2.45, 2.75) is 58.7 Å².